The number of benzene rings is 1. The first-order valence-corrected chi connectivity index (χ1v) is 10.1. The number of carbonyl (C=O) groups excluding carboxylic acids is 1. The smallest absolute Gasteiger partial charge is 0.422 e. The molecule has 2 N–H and O–H groups in total. The van der Waals surface area contributed by atoms with Gasteiger partial charge in [0.15, 0.2) is 11.7 Å². The third-order valence-corrected chi connectivity index (χ3v) is 6.12. The molecule has 2 heterocycles. The topological polar surface area (TPSA) is 67.0 Å². The number of nitrogens with zero attached hydrogens (tertiary/aromatic N) is 1. The van der Waals surface area contributed by atoms with Gasteiger partial charge in [-0.2, -0.15) is 13.2 Å². The van der Waals surface area contributed by atoms with Crippen LogP contribution in [0.1, 0.15) is 36.0 Å². The van der Waals surface area contributed by atoms with Gasteiger partial charge in [0.2, 0.25) is 5.91 Å². The van der Waals surface area contributed by atoms with Crippen LogP contribution in [0.4, 0.5) is 13.2 Å². The second-order valence-electron chi connectivity index (χ2n) is 7.02. The molecule has 29 heavy (non-hydrogen) atoms. The van der Waals surface area contributed by atoms with E-state index in [1.807, 2.05) is 6.07 Å². The zero-order valence-corrected chi connectivity index (χ0v) is 16.8. The van der Waals surface area contributed by atoms with Crippen LogP contribution in [0.5, 0.6) is 5.06 Å². The van der Waals surface area contributed by atoms with Crippen molar-refractivity contribution in [2.45, 2.75) is 31.5 Å². The number of thiophene rings is 1. The number of rotatable bonds is 6. The average molecular weight is 444 g/mol. The first kappa shape index (κ1) is 20.0. The van der Waals surface area contributed by atoms with Crippen molar-refractivity contribution < 1.29 is 22.7 Å². The Morgan fingerprint density at radius 3 is 2.97 bits per heavy atom. The van der Waals surface area contributed by atoms with E-state index in [-0.39, 0.29) is 28.8 Å². The summed E-state index contributed by atoms with van der Waals surface area (Å²) in [6, 6.07) is 8.21. The highest BCUT2D eigenvalue weighted by Crippen LogP contribution is 2.47. The van der Waals surface area contributed by atoms with E-state index in [1.54, 1.807) is 25.1 Å². The summed E-state index contributed by atoms with van der Waals surface area (Å²) in [5.74, 6) is 0.484. The predicted molar refractivity (Wildman–Crippen MR) is 104 cm³/mol. The number of imidazole rings is 1. The van der Waals surface area contributed by atoms with E-state index in [9.17, 15) is 18.0 Å². The average Bonchev–Trinajstić information content (AvgIpc) is 3.11. The number of aromatic amines is 1. The van der Waals surface area contributed by atoms with Crippen LogP contribution in [-0.4, -0.2) is 28.7 Å². The summed E-state index contributed by atoms with van der Waals surface area (Å²) in [4.78, 5) is 21.0. The van der Waals surface area contributed by atoms with Gasteiger partial charge in [-0.3, -0.25) is 4.79 Å². The van der Waals surface area contributed by atoms with Crippen LogP contribution in [0.2, 0.25) is 5.02 Å². The van der Waals surface area contributed by atoms with Crippen molar-refractivity contribution in [1.29, 1.82) is 0 Å². The quantitative estimate of drug-likeness (QED) is 0.550. The lowest BCUT2D eigenvalue weighted by atomic mass is 10.2. The van der Waals surface area contributed by atoms with Crippen LogP contribution < -0.4 is 10.1 Å². The zero-order valence-electron chi connectivity index (χ0n) is 15.2. The predicted octanol–water partition coefficient (Wildman–Crippen LogP) is 5.20. The van der Waals surface area contributed by atoms with Crippen LogP contribution in [0.15, 0.2) is 30.3 Å². The number of fused-ring (bicyclic) bond motifs is 1. The Morgan fingerprint density at radius 2 is 2.21 bits per heavy atom. The van der Waals surface area contributed by atoms with Crippen molar-refractivity contribution in [3.63, 3.8) is 0 Å². The molecule has 4 rings (SSSR count). The minimum absolute atomic E-state index is 0.0161. The van der Waals surface area contributed by atoms with Crippen molar-refractivity contribution in [1.82, 2.24) is 15.3 Å². The molecule has 1 fully saturated rings. The lowest BCUT2D eigenvalue weighted by Gasteiger charge is -2.12. The Bertz CT molecular complexity index is 1050. The Morgan fingerprint density at radius 1 is 1.41 bits per heavy atom. The molecule has 2 aromatic heterocycles. The van der Waals surface area contributed by atoms with Crippen molar-refractivity contribution in [2.75, 3.05) is 6.61 Å². The molecule has 0 bridgehead atoms. The molecule has 3 atom stereocenters. The molecular formula is C19H17ClF3N3O2S. The monoisotopic (exact) mass is 443 g/mol. The van der Waals surface area contributed by atoms with Crippen molar-refractivity contribution in [3.8, 4) is 5.06 Å². The molecule has 0 radical (unpaired) electrons. The highest BCUT2D eigenvalue weighted by atomic mass is 35.5. The van der Waals surface area contributed by atoms with Crippen LogP contribution in [0, 0.1) is 5.92 Å². The maximum absolute atomic E-state index is 12.6. The van der Waals surface area contributed by atoms with Gasteiger partial charge in [0.1, 0.15) is 5.82 Å². The third-order valence-electron chi connectivity index (χ3n) is 4.71. The van der Waals surface area contributed by atoms with Gasteiger partial charge in [-0.1, -0.05) is 11.6 Å². The first-order chi connectivity index (χ1) is 13.7. The number of amides is 1. The highest BCUT2D eigenvalue weighted by Gasteiger charge is 2.46. The molecule has 1 aromatic carbocycles. The molecule has 0 saturated heterocycles. The highest BCUT2D eigenvalue weighted by molar-refractivity contribution is 7.13. The number of carbonyl (C=O) groups is 1. The summed E-state index contributed by atoms with van der Waals surface area (Å²) in [6.45, 7) is 0.456. The van der Waals surface area contributed by atoms with Gasteiger partial charge in [0.25, 0.3) is 0 Å². The van der Waals surface area contributed by atoms with Crippen LogP contribution in [0.3, 0.4) is 0 Å². The maximum atomic E-state index is 12.6. The van der Waals surface area contributed by atoms with E-state index >= 15 is 0 Å². The van der Waals surface area contributed by atoms with E-state index in [0.717, 1.165) is 33.1 Å². The Balaban J connectivity index is 1.34. The van der Waals surface area contributed by atoms with E-state index in [4.69, 9.17) is 16.3 Å². The fourth-order valence-electron chi connectivity index (χ4n) is 3.15. The molecular weight excluding hydrogens is 427 g/mol. The minimum atomic E-state index is -4.38. The lowest BCUT2D eigenvalue weighted by Crippen LogP contribution is -2.28. The van der Waals surface area contributed by atoms with Gasteiger partial charge < -0.3 is 15.0 Å². The van der Waals surface area contributed by atoms with Crippen molar-refractivity contribution in [3.05, 3.63) is 46.1 Å². The molecule has 1 aliphatic carbocycles. The molecule has 5 nitrogen and oxygen atoms in total. The Kier molecular flexibility index (Phi) is 5.20. The molecule has 1 amide bonds. The van der Waals surface area contributed by atoms with Gasteiger partial charge in [-0.05, 0) is 43.7 Å². The van der Waals surface area contributed by atoms with Gasteiger partial charge in [0.05, 0.1) is 17.1 Å². The summed E-state index contributed by atoms with van der Waals surface area (Å²) in [5, 5.41) is 3.69. The number of hydrogen-bond acceptors (Lipinski definition) is 4. The van der Waals surface area contributed by atoms with Crippen molar-refractivity contribution in [2.24, 2.45) is 5.92 Å². The van der Waals surface area contributed by atoms with Gasteiger partial charge in [-0.15, -0.1) is 11.3 Å². The second-order valence-corrected chi connectivity index (χ2v) is 8.54. The number of ether oxygens (including phenoxy) is 1. The summed E-state index contributed by atoms with van der Waals surface area (Å²) in [5.41, 5.74) is 1.63. The Hall–Kier alpha value is -2.26. The fourth-order valence-corrected chi connectivity index (χ4v) is 4.17. The number of aromatic nitrogens is 2. The van der Waals surface area contributed by atoms with Crippen molar-refractivity contribution >= 4 is 39.9 Å². The largest absolute Gasteiger partial charge is 0.475 e. The summed E-state index contributed by atoms with van der Waals surface area (Å²) >= 11 is 7.07. The molecule has 1 aliphatic rings. The number of nitrogens with one attached hydrogen (secondary N) is 2. The number of halogens is 4. The third kappa shape index (κ3) is 4.67. The maximum Gasteiger partial charge on any atom is 0.422 e. The summed E-state index contributed by atoms with van der Waals surface area (Å²) in [7, 11) is 0. The van der Waals surface area contributed by atoms with E-state index in [2.05, 4.69) is 15.3 Å². The zero-order chi connectivity index (χ0) is 20.8. The van der Waals surface area contributed by atoms with Gasteiger partial charge >= 0.3 is 6.18 Å². The molecule has 3 aromatic rings. The van der Waals surface area contributed by atoms with Crippen LogP contribution in [0.25, 0.3) is 11.0 Å². The van der Waals surface area contributed by atoms with E-state index < -0.39 is 12.8 Å². The van der Waals surface area contributed by atoms with E-state index in [1.165, 1.54) is 6.07 Å². The SMILES string of the molecule is C[C@@H](NC(=O)[C@H]1C[C@@H]1c1nc2cc(Cl)ccc2[nH]1)c1ccc(OCC(F)(F)F)s1. The van der Waals surface area contributed by atoms with Crippen LogP contribution >= 0.6 is 22.9 Å². The molecule has 1 saturated carbocycles. The summed E-state index contributed by atoms with van der Waals surface area (Å²) < 4.78 is 41.5. The normalized spacial score (nSPS) is 19.9. The fraction of sp³-hybridized carbons (Fsp3) is 0.368. The molecule has 0 aliphatic heterocycles. The Labute approximate surface area is 173 Å². The first-order valence-electron chi connectivity index (χ1n) is 8.94. The van der Waals surface area contributed by atoms with Gasteiger partial charge in [0, 0.05) is 21.7 Å². The molecule has 0 unspecified atom stereocenters. The van der Waals surface area contributed by atoms with Crippen LogP contribution in [-0.2, 0) is 4.79 Å². The van der Waals surface area contributed by atoms with Gasteiger partial charge in [-0.25, -0.2) is 4.98 Å². The molecule has 0 spiro atoms. The standard InChI is InChI=1S/C19H17ClF3N3O2S/c1-9(15-4-5-16(29-15)28-8-19(21,22)23)24-18(27)12-7-11(12)17-25-13-3-2-10(20)6-14(13)26-17/h2-6,9,11-12H,7-8H2,1H3,(H,24,27)(H,25,26)/t9-,11+,12+/m1/s1. The number of H-pyrrole nitrogens is 1. The lowest BCUT2D eigenvalue weighted by molar-refractivity contribution is -0.152. The number of alkyl halides is 3. The minimum Gasteiger partial charge on any atom is -0.475 e. The molecule has 154 valence electrons. The summed E-state index contributed by atoms with van der Waals surface area (Å²) in [6.07, 6.45) is -3.69. The second kappa shape index (κ2) is 7.53. The number of hydrogen-bond donors (Lipinski definition) is 2. The van der Waals surface area contributed by atoms with E-state index in [0.29, 0.717) is 11.4 Å². The molecule has 10 heteroatoms.